The number of para-hydroxylation sites is 2. The van der Waals surface area contributed by atoms with Crippen LogP contribution in [0.15, 0.2) is 65.5 Å². The second-order valence-electron chi connectivity index (χ2n) is 9.38. The van der Waals surface area contributed by atoms with E-state index >= 15 is 0 Å². The van der Waals surface area contributed by atoms with Gasteiger partial charge in [-0.1, -0.05) is 43.3 Å². The quantitative estimate of drug-likeness (QED) is 0.615. The Morgan fingerprint density at radius 3 is 2.15 bits per heavy atom. The zero-order valence-electron chi connectivity index (χ0n) is 20.0. The number of likely N-dealkylation sites (tertiary alicyclic amines) is 1. The molecule has 34 heavy (non-hydrogen) atoms. The van der Waals surface area contributed by atoms with Crippen molar-refractivity contribution in [1.29, 1.82) is 0 Å². The Morgan fingerprint density at radius 1 is 0.912 bits per heavy atom. The third kappa shape index (κ3) is 3.74. The zero-order valence-corrected chi connectivity index (χ0v) is 20.0. The van der Waals surface area contributed by atoms with E-state index in [0.717, 1.165) is 61.5 Å². The van der Waals surface area contributed by atoms with Gasteiger partial charge in [-0.25, -0.2) is 4.68 Å². The molecule has 2 aliphatic heterocycles. The van der Waals surface area contributed by atoms with Crippen LogP contribution < -0.4 is 15.8 Å². The average Bonchev–Trinajstić information content (AvgIpc) is 3.30. The molecule has 7 heteroatoms. The molecule has 0 atom stereocenters. The van der Waals surface area contributed by atoms with Crippen molar-refractivity contribution < 1.29 is 4.79 Å². The summed E-state index contributed by atoms with van der Waals surface area (Å²) in [5.41, 5.74) is 3.42. The largest absolute Gasteiger partial charge is 0.339 e. The highest BCUT2D eigenvalue weighted by molar-refractivity contribution is 5.93. The van der Waals surface area contributed by atoms with E-state index in [0.29, 0.717) is 13.2 Å². The minimum absolute atomic E-state index is 0.0496. The van der Waals surface area contributed by atoms with E-state index in [4.69, 9.17) is 0 Å². The Hall–Kier alpha value is -3.32. The molecule has 3 aromatic rings. The number of hydrogen-bond donors (Lipinski definition) is 1. The SMILES string of the molecule is CCCn1c(CN2CCC3(CC2)C(=O)NCN3c2ccccc2)c(C)c(=O)n1-c1ccccc1. The van der Waals surface area contributed by atoms with Crippen molar-refractivity contribution in [3.63, 3.8) is 0 Å². The lowest BCUT2D eigenvalue weighted by Crippen LogP contribution is -2.56. The van der Waals surface area contributed by atoms with Gasteiger partial charge in [0.15, 0.2) is 0 Å². The summed E-state index contributed by atoms with van der Waals surface area (Å²) < 4.78 is 3.97. The van der Waals surface area contributed by atoms with Crippen molar-refractivity contribution in [3.05, 3.63) is 82.3 Å². The van der Waals surface area contributed by atoms with Gasteiger partial charge in [0.25, 0.3) is 5.56 Å². The normalized spacial score (nSPS) is 17.9. The predicted molar refractivity (Wildman–Crippen MR) is 134 cm³/mol. The van der Waals surface area contributed by atoms with Crippen molar-refractivity contribution in [2.24, 2.45) is 0 Å². The van der Waals surface area contributed by atoms with Gasteiger partial charge >= 0.3 is 0 Å². The smallest absolute Gasteiger partial charge is 0.274 e. The summed E-state index contributed by atoms with van der Waals surface area (Å²) in [7, 11) is 0. The maximum absolute atomic E-state index is 13.2. The van der Waals surface area contributed by atoms with E-state index in [1.807, 2.05) is 60.1 Å². The molecule has 0 radical (unpaired) electrons. The van der Waals surface area contributed by atoms with Gasteiger partial charge < -0.3 is 10.2 Å². The van der Waals surface area contributed by atoms with E-state index < -0.39 is 5.54 Å². The van der Waals surface area contributed by atoms with Crippen LogP contribution in [0.25, 0.3) is 5.69 Å². The van der Waals surface area contributed by atoms with Gasteiger partial charge in [-0.05, 0) is 50.5 Å². The lowest BCUT2D eigenvalue weighted by atomic mass is 9.85. The number of aromatic nitrogens is 2. The molecule has 0 saturated carbocycles. The van der Waals surface area contributed by atoms with Gasteiger partial charge in [-0.2, -0.15) is 0 Å². The van der Waals surface area contributed by atoms with Crippen LogP contribution in [0.5, 0.6) is 0 Å². The third-order valence-corrected chi connectivity index (χ3v) is 7.40. The minimum atomic E-state index is -0.494. The van der Waals surface area contributed by atoms with Crippen LogP contribution in [-0.2, 0) is 17.9 Å². The van der Waals surface area contributed by atoms with Crippen LogP contribution in [0, 0.1) is 6.92 Å². The fraction of sp³-hybridized carbons (Fsp3) is 0.407. The van der Waals surface area contributed by atoms with Gasteiger partial charge in [0.1, 0.15) is 5.54 Å². The van der Waals surface area contributed by atoms with Gasteiger partial charge in [-0.3, -0.25) is 19.2 Å². The number of carbonyl (C=O) groups is 1. The number of piperidine rings is 1. The molecular weight excluding hydrogens is 426 g/mol. The van der Waals surface area contributed by atoms with Crippen LogP contribution in [0.2, 0.25) is 0 Å². The summed E-state index contributed by atoms with van der Waals surface area (Å²) in [5, 5.41) is 3.08. The first-order valence-electron chi connectivity index (χ1n) is 12.3. The van der Waals surface area contributed by atoms with Crippen molar-refractivity contribution in [2.45, 2.75) is 51.7 Å². The Labute approximate surface area is 200 Å². The van der Waals surface area contributed by atoms with Crippen LogP contribution in [0.4, 0.5) is 5.69 Å². The molecule has 178 valence electrons. The van der Waals surface area contributed by atoms with Gasteiger partial charge in [0, 0.05) is 37.4 Å². The number of hydrogen-bond acceptors (Lipinski definition) is 4. The summed E-state index contributed by atoms with van der Waals surface area (Å²) in [5.74, 6) is 0.130. The molecule has 2 aliphatic rings. The standard InChI is InChI=1S/C27H33N5O2/c1-3-16-31-24(21(2)25(33)32(31)23-12-8-5-9-13-23)19-29-17-14-27(15-18-29)26(34)28-20-30(27)22-10-6-4-7-11-22/h4-13H,3,14-20H2,1-2H3,(H,28,34). The van der Waals surface area contributed by atoms with Crippen molar-refractivity contribution in [1.82, 2.24) is 19.6 Å². The number of anilines is 1. The highest BCUT2D eigenvalue weighted by Gasteiger charge is 2.50. The highest BCUT2D eigenvalue weighted by atomic mass is 16.2. The molecule has 1 amide bonds. The number of benzene rings is 2. The monoisotopic (exact) mass is 459 g/mol. The van der Waals surface area contributed by atoms with Crippen molar-refractivity contribution in [2.75, 3.05) is 24.7 Å². The molecule has 7 nitrogen and oxygen atoms in total. The molecule has 2 fully saturated rings. The fourth-order valence-electron chi connectivity index (χ4n) is 5.50. The predicted octanol–water partition coefficient (Wildman–Crippen LogP) is 3.29. The lowest BCUT2D eigenvalue weighted by Gasteiger charge is -2.43. The maximum Gasteiger partial charge on any atom is 0.274 e. The highest BCUT2D eigenvalue weighted by Crippen LogP contribution is 2.36. The number of amides is 1. The Balaban J connectivity index is 1.39. The molecule has 0 bridgehead atoms. The number of carbonyl (C=O) groups excluding carboxylic acids is 1. The summed E-state index contributed by atoms with van der Waals surface area (Å²) in [6, 6.07) is 20.1. The van der Waals surface area contributed by atoms with Crippen LogP contribution in [-0.4, -0.2) is 45.5 Å². The van der Waals surface area contributed by atoms with E-state index in [-0.39, 0.29) is 11.5 Å². The van der Waals surface area contributed by atoms with Crippen molar-refractivity contribution >= 4 is 11.6 Å². The summed E-state index contributed by atoms with van der Waals surface area (Å²) >= 11 is 0. The molecule has 3 heterocycles. The lowest BCUT2D eigenvalue weighted by molar-refractivity contribution is -0.125. The third-order valence-electron chi connectivity index (χ3n) is 7.40. The first-order chi connectivity index (χ1) is 16.5. The van der Waals surface area contributed by atoms with E-state index in [9.17, 15) is 9.59 Å². The Bertz CT molecular complexity index is 1210. The van der Waals surface area contributed by atoms with Gasteiger partial charge in [0.2, 0.25) is 5.91 Å². The molecule has 0 aliphatic carbocycles. The molecule has 1 spiro atoms. The second kappa shape index (κ2) is 9.14. The number of nitrogens with zero attached hydrogens (tertiary/aromatic N) is 4. The Kier molecular flexibility index (Phi) is 6.04. The minimum Gasteiger partial charge on any atom is -0.339 e. The molecule has 0 unspecified atom stereocenters. The van der Waals surface area contributed by atoms with Gasteiger partial charge in [-0.15, -0.1) is 0 Å². The summed E-state index contributed by atoms with van der Waals surface area (Å²) in [6.45, 7) is 7.76. The topological polar surface area (TPSA) is 62.5 Å². The first-order valence-corrected chi connectivity index (χ1v) is 12.3. The molecular formula is C27H33N5O2. The van der Waals surface area contributed by atoms with E-state index in [1.165, 1.54) is 0 Å². The molecule has 5 rings (SSSR count). The van der Waals surface area contributed by atoms with Crippen LogP contribution >= 0.6 is 0 Å². The van der Waals surface area contributed by atoms with Crippen molar-refractivity contribution in [3.8, 4) is 5.69 Å². The number of nitrogens with one attached hydrogen (secondary N) is 1. The average molecular weight is 460 g/mol. The molecule has 1 aromatic heterocycles. The second-order valence-corrected chi connectivity index (χ2v) is 9.38. The molecule has 2 saturated heterocycles. The van der Waals surface area contributed by atoms with E-state index in [1.54, 1.807) is 0 Å². The van der Waals surface area contributed by atoms with Crippen LogP contribution in [0.1, 0.15) is 37.4 Å². The first kappa shape index (κ1) is 22.5. The summed E-state index contributed by atoms with van der Waals surface area (Å²) in [4.78, 5) is 30.8. The number of rotatable bonds is 6. The van der Waals surface area contributed by atoms with Crippen LogP contribution in [0.3, 0.4) is 0 Å². The summed E-state index contributed by atoms with van der Waals surface area (Å²) in [6.07, 6.45) is 2.48. The van der Waals surface area contributed by atoms with Gasteiger partial charge in [0.05, 0.1) is 18.1 Å². The molecule has 1 N–H and O–H groups in total. The fourth-order valence-corrected chi connectivity index (χ4v) is 5.50. The zero-order chi connectivity index (χ0) is 23.7. The van der Waals surface area contributed by atoms with E-state index in [2.05, 4.69) is 38.9 Å². The molecule has 2 aromatic carbocycles. The Morgan fingerprint density at radius 2 is 1.53 bits per heavy atom. The maximum atomic E-state index is 13.2.